The monoisotopic (exact) mass is 173 g/mol. The zero-order valence-electron chi connectivity index (χ0n) is 4.78. The predicted molar refractivity (Wildman–Crippen MR) is 28.4 cm³/mol. The fourth-order valence-corrected chi connectivity index (χ4v) is 0.322. The summed E-state index contributed by atoms with van der Waals surface area (Å²) in [6.45, 7) is 7.25. The van der Waals surface area contributed by atoms with Crippen molar-refractivity contribution in [2.45, 2.75) is 26.2 Å². The number of hydrogen-bond acceptors (Lipinski definition) is 0. The molecular weight excluding hydrogens is 163 g/mol. The van der Waals surface area contributed by atoms with Gasteiger partial charge in [0.25, 0.3) is 0 Å². The Morgan fingerprint density at radius 1 is 1.57 bits per heavy atom. The van der Waals surface area contributed by atoms with Crippen molar-refractivity contribution in [1.29, 1.82) is 0 Å². The number of rotatable bonds is 3. The van der Waals surface area contributed by atoms with Crippen LogP contribution in [-0.4, -0.2) is 0 Å². The Morgan fingerprint density at radius 3 is 2.29 bits per heavy atom. The van der Waals surface area contributed by atoms with Gasteiger partial charge in [0.2, 0.25) is 0 Å². The van der Waals surface area contributed by atoms with Crippen LogP contribution in [0.1, 0.15) is 26.2 Å². The Bertz CT molecular complexity index is 33.2. The van der Waals surface area contributed by atoms with Gasteiger partial charge in [-0.2, -0.15) is 0 Å². The standard InChI is InChI=1S/C6H11.Zr/c1-3-5-6-4-2;/h1,3H,4-6H2,2H3;/q-1;. The summed E-state index contributed by atoms with van der Waals surface area (Å²) in [5.74, 6) is 0. The van der Waals surface area contributed by atoms with E-state index in [1.165, 1.54) is 12.8 Å². The van der Waals surface area contributed by atoms with Gasteiger partial charge in [-0.15, -0.1) is 0 Å². The average Bonchev–Trinajstić information content (AvgIpc) is 1.61. The largest absolute Gasteiger partial charge is 0.518 e. The van der Waals surface area contributed by atoms with Crippen LogP contribution in [0.3, 0.4) is 0 Å². The Labute approximate surface area is 65.1 Å². The summed E-state index contributed by atoms with van der Waals surface area (Å²) in [4.78, 5) is 0. The van der Waals surface area contributed by atoms with Gasteiger partial charge < -0.3 is 6.58 Å². The van der Waals surface area contributed by atoms with Gasteiger partial charge in [0.15, 0.2) is 0 Å². The van der Waals surface area contributed by atoms with Crippen LogP contribution < -0.4 is 0 Å². The molecule has 7 heavy (non-hydrogen) atoms. The van der Waals surface area contributed by atoms with Gasteiger partial charge in [0.05, 0.1) is 0 Å². The van der Waals surface area contributed by atoms with E-state index >= 15 is 0 Å². The zero-order chi connectivity index (χ0) is 4.83. The maximum Gasteiger partial charge on any atom is 0 e. The molecular formula is C6H11Zr-. The number of hydrogen-bond donors (Lipinski definition) is 0. The molecule has 0 amide bonds. The second-order valence-electron chi connectivity index (χ2n) is 1.38. The van der Waals surface area contributed by atoms with Crippen LogP contribution in [0, 0.1) is 6.58 Å². The summed E-state index contributed by atoms with van der Waals surface area (Å²) < 4.78 is 0. The van der Waals surface area contributed by atoms with Crippen molar-refractivity contribution in [3.8, 4) is 0 Å². The van der Waals surface area contributed by atoms with E-state index in [1.807, 2.05) is 0 Å². The second-order valence-corrected chi connectivity index (χ2v) is 1.38. The molecule has 0 rings (SSSR count). The molecule has 0 atom stereocenters. The molecule has 0 saturated heterocycles. The molecule has 0 aliphatic carbocycles. The van der Waals surface area contributed by atoms with Crippen molar-refractivity contribution in [1.82, 2.24) is 0 Å². The van der Waals surface area contributed by atoms with Crippen molar-refractivity contribution in [3.05, 3.63) is 12.7 Å². The molecule has 1 heteroatoms. The van der Waals surface area contributed by atoms with Crippen LogP contribution in [0.25, 0.3) is 0 Å². The van der Waals surface area contributed by atoms with Crippen LogP contribution in [-0.2, 0) is 26.2 Å². The van der Waals surface area contributed by atoms with Gasteiger partial charge >= 0.3 is 0 Å². The summed E-state index contributed by atoms with van der Waals surface area (Å²) >= 11 is 0. The van der Waals surface area contributed by atoms with E-state index in [9.17, 15) is 0 Å². The first kappa shape index (κ1) is 10.6. The van der Waals surface area contributed by atoms with Crippen molar-refractivity contribution in [2.75, 3.05) is 0 Å². The van der Waals surface area contributed by atoms with Gasteiger partial charge in [0.1, 0.15) is 0 Å². The first-order valence-electron chi connectivity index (χ1n) is 2.45. The SMILES string of the molecule is [CH-]=CCCCC.[Zr]. The van der Waals surface area contributed by atoms with Crippen LogP contribution in [0.2, 0.25) is 0 Å². The molecule has 0 bridgehead atoms. The molecule has 0 aliphatic rings. The summed E-state index contributed by atoms with van der Waals surface area (Å²) in [5, 5.41) is 0. The normalized spacial score (nSPS) is 7.00. The molecule has 0 aromatic heterocycles. The first-order chi connectivity index (χ1) is 2.91. The molecule has 0 nitrogen and oxygen atoms in total. The minimum atomic E-state index is 0. The third-order valence-electron chi connectivity index (χ3n) is 0.724. The Balaban J connectivity index is 0. The van der Waals surface area contributed by atoms with Crippen molar-refractivity contribution in [2.24, 2.45) is 0 Å². The zero-order valence-corrected chi connectivity index (χ0v) is 7.23. The van der Waals surface area contributed by atoms with Crippen molar-refractivity contribution in [3.63, 3.8) is 0 Å². The maximum absolute atomic E-state index is 5.09. The molecule has 0 radical (unpaired) electrons. The third-order valence-corrected chi connectivity index (χ3v) is 0.724. The molecule has 0 aromatic rings. The van der Waals surface area contributed by atoms with Gasteiger partial charge in [0, 0.05) is 26.2 Å². The third kappa shape index (κ3) is 10.8. The molecule has 40 valence electrons. The quantitative estimate of drug-likeness (QED) is 0.454. The summed E-state index contributed by atoms with van der Waals surface area (Å²) in [6.07, 6.45) is 5.25. The van der Waals surface area contributed by atoms with E-state index < -0.39 is 0 Å². The molecule has 0 aromatic carbocycles. The molecule has 0 fully saturated rings. The second kappa shape index (κ2) is 9.80. The van der Waals surface area contributed by atoms with E-state index in [4.69, 9.17) is 6.58 Å². The smallest absolute Gasteiger partial charge is 0 e. The van der Waals surface area contributed by atoms with Gasteiger partial charge in [-0.05, 0) is 0 Å². The van der Waals surface area contributed by atoms with Gasteiger partial charge in [-0.25, -0.2) is 0 Å². The summed E-state index contributed by atoms with van der Waals surface area (Å²) in [5.41, 5.74) is 0. The molecule has 0 unspecified atom stereocenters. The molecule has 0 N–H and O–H groups in total. The van der Waals surface area contributed by atoms with Crippen LogP contribution in [0.15, 0.2) is 6.08 Å². The molecule has 0 spiro atoms. The predicted octanol–water partition coefficient (Wildman–Crippen LogP) is 2.16. The Hall–Kier alpha value is 0.623. The minimum absolute atomic E-state index is 0. The van der Waals surface area contributed by atoms with E-state index in [1.54, 1.807) is 6.08 Å². The van der Waals surface area contributed by atoms with E-state index in [0.29, 0.717) is 0 Å². The summed E-state index contributed by atoms with van der Waals surface area (Å²) in [6, 6.07) is 0. The minimum Gasteiger partial charge on any atom is -0.518 e. The van der Waals surface area contributed by atoms with Crippen molar-refractivity contribution >= 4 is 0 Å². The average molecular weight is 174 g/mol. The molecule has 0 aliphatic heterocycles. The Kier molecular flexibility index (Phi) is 14.8. The van der Waals surface area contributed by atoms with Gasteiger partial charge in [-0.3, -0.25) is 6.08 Å². The van der Waals surface area contributed by atoms with E-state index in [0.717, 1.165) is 6.42 Å². The first-order valence-corrected chi connectivity index (χ1v) is 2.45. The molecule has 0 heterocycles. The topological polar surface area (TPSA) is 0 Å². The fourth-order valence-electron chi connectivity index (χ4n) is 0.322. The van der Waals surface area contributed by atoms with Gasteiger partial charge in [-0.1, -0.05) is 26.2 Å². The molecule has 0 saturated carbocycles. The van der Waals surface area contributed by atoms with Crippen LogP contribution in [0.4, 0.5) is 0 Å². The van der Waals surface area contributed by atoms with Crippen LogP contribution >= 0.6 is 0 Å². The van der Waals surface area contributed by atoms with E-state index in [-0.39, 0.29) is 26.2 Å². The number of allylic oxidation sites excluding steroid dienone is 1. The number of unbranched alkanes of at least 4 members (excludes halogenated alkanes) is 2. The summed E-state index contributed by atoms with van der Waals surface area (Å²) in [7, 11) is 0. The van der Waals surface area contributed by atoms with Crippen molar-refractivity contribution < 1.29 is 26.2 Å². The maximum atomic E-state index is 5.09. The fraction of sp³-hybridized carbons (Fsp3) is 0.667. The Morgan fingerprint density at radius 2 is 2.14 bits per heavy atom. The van der Waals surface area contributed by atoms with Crippen LogP contribution in [0.5, 0.6) is 0 Å². The van der Waals surface area contributed by atoms with E-state index in [2.05, 4.69) is 6.92 Å².